The minimum absolute atomic E-state index is 0.0493. The summed E-state index contributed by atoms with van der Waals surface area (Å²) in [5.41, 5.74) is 3.57. The molecule has 106 valence electrons. The van der Waals surface area contributed by atoms with Crippen LogP contribution >= 0.6 is 0 Å². The fourth-order valence-corrected chi connectivity index (χ4v) is 2.38. The maximum Gasteiger partial charge on any atom is 0.354 e. The smallest absolute Gasteiger partial charge is 0.354 e. The Labute approximate surface area is 121 Å². The van der Waals surface area contributed by atoms with Gasteiger partial charge in [-0.25, -0.2) is 9.78 Å². The Kier molecular flexibility index (Phi) is 3.39. The lowest BCUT2D eigenvalue weighted by Crippen LogP contribution is -2.04. The summed E-state index contributed by atoms with van der Waals surface area (Å²) in [5.74, 6) is -1.02. The quantitative estimate of drug-likeness (QED) is 0.798. The highest BCUT2D eigenvalue weighted by molar-refractivity contribution is 5.89. The molecule has 0 saturated heterocycles. The molecule has 0 atom stereocenters. The number of aromatic carboxylic acids is 1. The summed E-state index contributed by atoms with van der Waals surface area (Å²) in [5, 5.41) is 13.5. The van der Waals surface area contributed by atoms with Gasteiger partial charge in [-0.2, -0.15) is 5.10 Å². The lowest BCUT2D eigenvalue weighted by atomic mass is 10.1. The van der Waals surface area contributed by atoms with Crippen LogP contribution in [0, 0.1) is 6.92 Å². The topological polar surface area (TPSA) is 68.0 Å². The lowest BCUT2D eigenvalue weighted by Gasteiger charge is -2.04. The average Bonchev–Trinajstić information content (AvgIpc) is 2.82. The van der Waals surface area contributed by atoms with Crippen LogP contribution in [-0.2, 0) is 13.0 Å². The second kappa shape index (κ2) is 5.36. The number of aryl methyl sites for hydroxylation is 3. The molecule has 1 N–H and O–H groups in total. The fraction of sp³-hybridized carbons (Fsp3) is 0.188. The molecule has 5 nitrogen and oxygen atoms in total. The molecule has 0 unspecified atom stereocenters. The summed E-state index contributed by atoms with van der Waals surface area (Å²) in [7, 11) is 0. The van der Waals surface area contributed by atoms with E-state index in [0.717, 1.165) is 24.2 Å². The van der Waals surface area contributed by atoms with Crippen LogP contribution in [0.5, 0.6) is 0 Å². The van der Waals surface area contributed by atoms with Crippen molar-refractivity contribution in [2.75, 3.05) is 0 Å². The first kappa shape index (κ1) is 13.3. The summed E-state index contributed by atoms with van der Waals surface area (Å²) in [6, 6.07) is 13.5. The number of aromatic nitrogens is 3. The van der Waals surface area contributed by atoms with Crippen molar-refractivity contribution in [1.82, 2.24) is 14.8 Å². The molecule has 2 heterocycles. The second-order valence-corrected chi connectivity index (χ2v) is 4.91. The Morgan fingerprint density at radius 2 is 1.95 bits per heavy atom. The van der Waals surface area contributed by atoms with E-state index in [9.17, 15) is 4.79 Å². The van der Waals surface area contributed by atoms with Crippen LogP contribution in [0.25, 0.3) is 11.0 Å². The van der Waals surface area contributed by atoms with Crippen molar-refractivity contribution in [3.8, 4) is 0 Å². The van der Waals surface area contributed by atoms with Gasteiger partial charge in [-0.3, -0.25) is 4.68 Å². The van der Waals surface area contributed by atoms with Crippen molar-refractivity contribution in [3.63, 3.8) is 0 Å². The minimum Gasteiger partial charge on any atom is -0.477 e. The highest BCUT2D eigenvalue weighted by Crippen LogP contribution is 2.17. The Morgan fingerprint density at radius 3 is 2.67 bits per heavy atom. The van der Waals surface area contributed by atoms with Crippen molar-refractivity contribution >= 4 is 17.0 Å². The third-order valence-electron chi connectivity index (χ3n) is 3.44. The second-order valence-electron chi connectivity index (χ2n) is 4.91. The molecule has 5 heteroatoms. The predicted molar refractivity (Wildman–Crippen MR) is 79.4 cm³/mol. The first-order valence-corrected chi connectivity index (χ1v) is 6.76. The molecule has 0 aliphatic carbocycles. The SMILES string of the molecule is Cc1nn(CCc2ccccc2)c2ccc(C(=O)O)nc12. The van der Waals surface area contributed by atoms with Crippen LogP contribution in [0.3, 0.4) is 0 Å². The van der Waals surface area contributed by atoms with Gasteiger partial charge in [-0.15, -0.1) is 0 Å². The summed E-state index contributed by atoms with van der Waals surface area (Å²) in [6.07, 6.45) is 0.873. The molecule has 0 radical (unpaired) electrons. The molecule has 0 fully saturated rings. The molecular weight excluding hydrogens is 266 g/mol. The monoisotopic (exact) mass is 281 g/mol. The van der Waals surface area contributed by atoms with Gasteiger partial charge in [-0.1, -0.05) is 30.3 Å². The van der Waals surface area contributed by atoms with Crippen LogP contribution in [0.1, 0.15) is 21.7 Å². The standard InChI is InChI=1S/C16H15N3O2/c1-11-15-14(8-7-13(17-15)16(20)21)19(18-11)10-9-12-5-3-2-4-6-12/h2-8H,9-10H2,1H3,(H,20,21). The first-order valence-electron chi connectivity index (χ1n) is 6.76. The van der Waals surface area contributed by atoms with E-state index >= 15 is 0 Å². The maximum absolute atomic E-state index is 11.0. The van der Waals surface area contributed by atoms with E-state index in [2.05, 4.69) is 22.2 Å². The van der Waals surface area contributed by atoms with E-state index < -0.39 is 5.97 Å². The van der Waals surface area contributed by atoms with Gasteiger partial charge < -0.3 is 5.11 Å². The third-order valence-corrected chi connectivity index (χ3v) is 3.44. The molecule has 0 spiro atoms. The highest BCUT2D eigenvalue weighted by atomic mass is 16.4. The van der Waals surface area contributed by atoms with Gasteiger partial charge in [0.15, 0.2) is 0 Å². The number of nitrogens with zero attached hydrogens (tertiary/aromatic N) is 3. The van der Waals surface area contributed by atoms with E-state index in [4.69, 9.17) is 5.11 Å². The molecule has 0 aliphatic heterocycles. The predicted octanol–water partition coefficient (Wildman–Crippen LogP) is 2.68. The lowest BCUT2D eigenvalue weighted by molar-refractivity contribution is 0.0691. The zero-order valence-electron chi connectivity index (χ0n) is 11.7. The number of pyridine rings is 1. The van der Waals surface area contributed by atoms with Crippen LogP contribution in [-0.4, -0.2) is 25.8 Å². The number of hydrogen-bond donors (Lipinski definition) is 1. The number of hydrogen-bond acceptors (Lipinski definition) is 3. The molecule has 0 aliphatic rings. The summed E-state index contributed by atoms with van der Waals surface area (Å²) < 4.78 is 1.89. The van der Waals surface area contributed by atoms with Gasteiger partial charge in [0.25, 0.3) is 0 Å². The van der Waals surface area contributed by atoms with Crippen molar-refractivity contribution in [1.29, 1.82) is 0 Å². The molecule has 3 aromatic rings. The summed E-state index contributed by atoms with van der Waals surface area (Å²) >= 11 is 0. The first-order chi connectivity index (χ1) is 10.1. The van der Waals surface area contributed by atoms with E-state index in [1.165, 1.54) is 11.6 Å². The normalized spacial score (nSPS) is 10.9. The molecule has 0 saturated carbocycles. The highest BCUT2D eigenvalue weighted by Gasteiger charge is 2.12. The Balaban J connectivity index is 1.91. The van der Waals surface area contributed by atoms with Crippen LogP contribution in [0.4, 0.5) is 0 Å². The number of rotatable bonds is 4. The van der Waals surface area contributed by atoms with Crippen molar-refractivity contribution in [3.05, 3.63) is 59.4 Å². The van der Waals surface area contributed by atoms with Gasteiger partial charge in [-0.05, 0) is 31.0 Å². The number of carboxylic acid groups (broad SMARTS) is 1. The van der Waals surface area contributed by atoms with E-state index in [-0.39, 0.29) is 5.69 Å². The van der Waals surface area contributed by atoms with Gasteiger partial charge >= 0.3 is 5.97 Å². The Morgan fingerprint density at radius 1 is 1.19 bits per heavy atom. The van der Waals surface area contributed by atoms with Crippen LogP contribution < -0.4 is 0 Å². The number of carboxylic acids is 1. The van der Waals surface area contributed by atoms with Gasteiger partial charge in [0, 0.05) is 6.54 Å². The van der Waals surface area contributed by atoms with Gasteiger partial charge in [0.2, 0.25) is 0 Å². The van der Waals surface area contributed by atoms with Crippen LogP contribution in [0.15, 0.2) is 42.5 Å². The molecular formula is C16H15N3O2. The summed E-state index contributed by atoms with van der Waals surface area (Å²) in [4.78, 5) is 15.2. The molecule has 0 amide bonds. The maximum atomic E-state index is 11.0. The van der Waals surface area contributed by atoms with Gasteiger partial charge in [0.05, 0.1) is 11.2 Å². The number of carbonyl (C=O) groups is 1. The number of fused-ring (bicyclic) bond motifs is 1. The van der Waals surface area contributed by atoms with E-state index in [1.807, 2.05) is 29.8 Å². The third kappa shape index (κ3) is 2.63. The molecule has 3 rings (SSSR count). The number of benzene rings is 1. The Bertz CT molecular complexity index is 794. The molecule has 2 aromatic heterocycles. The Hall–Kier alpha value is -2.69. The van der Waals surface area contributed by atoms with Gasteiger partial charge in [0.1, 0.15) is 11.2 Å². The molecule has 1 aromatic carbocycles. The zero-order valence-corrected chi connectivity index (χ0v) is 11.7. The molecule has 0 bridgehead atoms. The molecule has 21 heavy (non-hydrogen) atoms. The van der Waals surface area contributed by atoms with E-state index in [1.54, 1.807) is 6.07 Å². The summed E-state index contributed by atoms with van der Waals surface area (Å²) in [6.45, 7) is 2.59. The van der Waals surface area contributed by atoms with Crippen LogP contribution in [0.2, 0.25) is 0 Å². The van der Waals surface area contributed by atoms with Crippen molar-refractivity contribution in [2.24, 2.45) is 0 Å². The van der Waals surface area contributed by atoms with Crippen molar-refractivity contribution < 1.29 is 9.90 Å². The largest absolute Gasteiger partial charge is 0.477 e. The minimum atomic E-state index is -1.02. The van der Waals surface area contributed by atoms with Crippen molar-refractivity contribution in [2.45, 2.75) is 19.9 Å². The fourth-order valence-electron chi connectivity index (χ4n) is 2.38. The van der Waals surface area contributed by atoms with E-state index in [0.29, 0.717) is 5.52 Å². The average molecular weight is 281 g/mol. The zero-order chi connectivity index (χ0) is 14.8.